The van der Waals surface area contributed by atoms with E-state index in [1.165, 1.54) is 33.2 Å². The lowest BCUT2D eigenvalue weighted by Crippen LogP contribution is -2.56. The van der Waals surface area contributed by atoms with Crippen molar-refractivity contribution < 1.29 is 24.2 Å². The number of aliphatic hydroxyl groups excluding tert-OH is 1. The minimum atomic E-state index is -0.920. The van der Waals surface area contributed by atoms with Gasteiger partial charge in [-0.1, -0.05) is 0 Å². The van der Waals surface area contributed by atoms with E-state index in [9.17, 15) is 19.5 Å². The third-order valence-electron chi connectivity index (χ3n) is 7.21. The topological polar surface area (TPSA) is 95.9 Å². The first kappa shape index (κ1) is 18.7. The first-order chi connectivity index (χ1) is 12.8. The first-order valence-electron chi connectivity index (χ1n) is 10.2. The number of likely N-dealkylation sites (N-methyl/N-ethyl adjacent to an activating group) is 1. The molecular formula is C20H30N2O5. The number of likely N-dealkylation sites (tertiary alicyclic amines) is 1. The number of rotatable bonds is 4. The van der Waals surface area contributed by atoms with Crippen molar-refractivity contribution in [2.75, 3.05) is 13.6 Å². The molecule has 2 N–H and O–H groups in total. The zero-order chi connectivity index (χ0) is 19.3. The van der Waals surface area contributed by atoms with Gasteiger partial charge in [0.15, 0.2) is 6.10 Å². The Hall–Kier alpha value is -1.63. The molecule has 5 aliphatic rings. The summed E-state index contributed by atoms with van der Waals surface area (Å²) in [5.41, 5.74) is -0.357. The molecule has 1 saturated heterocycles. The lowest BCUT2D eigenvalue weighted by molar-refractivity contribution is -0.168. The van der Waals surface area contributed by atoms with Gasteiger partial charge in [-0.05, 0) is 63.2 Å². The van der Waals surface area contributed by atoms with Crippen LogP contribution < -0.4 is 5.32 Å². The number of esters is 1. The van der Waals surface area contributed by atoms with Crippen LogP contribution in [0.1, 0.15) is 51.9 Å². The molecule has 1 heterocycles. The second-order valence-electron chi connectivity index (χ2n) is 9.25. The van der Waals surface area contributed by atoms with Crippen LogP contribution in [0.4, 0.5) is 0 Å². The average molecular weight is 378 g/mol. The van der Waals surface area contributed by atoms with Crippen molar-refractivity contribution in [3.05, 3.63) is 0 Å². The van der Waals surface area contributed by atoms with Gasteiger partial charge in [0.25, 0.3) is 5.91 Å². The summed E-state index contributed by atoms with van der Waals surface area (Å²) in [6, 6.07) is -0.799. The molecule has 0 radical (unpaired) electrons. The molecule has 3 atom stereocenters. The van der Waals surface area contributed by atoms with E-state index in [-0.39, 0.29) is 30.2 Å². The van der Waals surface area contributed by atoms with Crippen LogP contribution >= 0.6 is 0 Å². The van der Waals surface area contributed by atoms with Gasteiger partial charge in [0.05, 0.1) is 11.5 Å². The molecule has 0 aromatic carbocycles. The van der Waals surface area contributed by atoms with Gasteiger partial charge in [0.2, 0.25) is 5.91 Å². The largest absolute Gasteiger partial charge is 0.451 e. The van der Waals surface area contributed by atoms with E-state index < -0.39 is 24.2 Å². The van der Waals surface area contributed by atoms with Crippen molar-refractivity contribution in [3.8, 4) is 0 Å². The molecule has 0 aromatic rings. The van der Waals surface area contributed by atoms with E-state index in [1.807, 2.05) is 0 Å². The Morgan fingerprint density at radius 1 is 1.07 bits per heavy atom. The molecule has 4 aliphatic carbocycles. The summed E-state index contributed by atoms with van der Waals surface area (Å²) in [4.78, 5) is 39.4. The molecular weight excluding hydrogens is 348 g/mol. The molecule has 0 unspecified atom stereocenters. The van der Waals surface area contributed by atoms with E-state index >= 15 is 0 Å². The normalized spacial score (nSPS) is 40.7. The zero-order valence-electron chi connectivity index (χ0n) is 16.1. The highest BCUT2D eigenvalue weighted by atomic mass is 16.5. The van der Waals surface area contributed by atoms with Crippen LogP contribution in [0.5, 0.6) is 0 Å². The van der Waals surface area contributed by atoms with Crippen molar-refractivity contribution in [3.63, 3.8) is 0 Å². The van der Waals surface area contributed by atoms with Gasteiger partial charge in [-0.3, -0.25) is 9.59 Å². The number of nitrogens with one attached hydrogen (secondary N) is 1. The minimum absolute atomic E-state index is 0.0210. The maximum Gasteiger partial charge on any atom is 0.329 e. The smallest absolute Gasteiger partial charge is 0.329 e. The van der Waals surface area contributed by atoms with Crippen LogP contribution in [-0.4, -0.2) is 59.6 Å². The monoisotopic (exact) mass is 378 g/mol. The van der Waals surface area contributed by atoms with Crippen LogP contribution in [0, 0.1) is 23.2 Å². The van der Waals surface area contributed by atoms with Crippen molar-refractivity contribution >= 4 is 17.8 Å². The van der Waals surface area contributed by atoms with Gasteiger partial charge in [0, 0.05) is 20.0 Å². The number of aliphatic hydroxyl groups is 1. The number of hydrogen-bond donors (Lipinski definition) is 2. The van der Waals surface area contributed by atoms with Crippen LogP contribution in [0.2, 0.25) is 0 Å². The summed E-state index contributed by atoms with van der Waals surface area (Å²) in [6.07, 6.45) is 5.01. The minimum Gasteiger partial charge on any atom is -0.451 e. The molecule has 0 spiro atoms. The second kappa shape index (κ2) is 6.76. The number of nitrogens with zero attached hydrogens (tertiary/aromatic N) is 1. The quantitative estimate of drug-likeness (QED) is 0.707. The van der Waals surface area contributed by atoms with Gasteiger partial charge in [0.1, 0.15) is 6.04 Å². The van der Waals surface area contributed by atoms with Gasteiger partial charge in [-0.15, -0.1) is 0 Å². The number of hydrogen-bond acceptors (Lipinski definition) is 5. The van der Waals surface area contributed by atoms with Gasteiger partial charge < -0.3 is 20.1 Å². The fraction of sp³-hybridized carbons (Fsp3) is 0.850. The number of β-amino-alcohol motifs (C(OH)–C–C–N with tert-alkyl or cyclic N) is 1. The maximum absolute atomic E-state index is 13.6. The van der Waals surface area contributed by atoms with E-state index in [0.29, 0.717) is 17.8 Å². The molecule has 7 nitrogen and oxygen atoms in total. The number of carbonyl (C=O) groups excluding carboxylic acids is 3. The van der Waals surface area contributed by atoms with Crippen molar-refractivity contribution in [2.24, 2.45) is 23.2 Å². The Labute approximate surface area is 159 Å². The number of ether oxygens (including phenoxy) is 1. The maximum atomic E-state index is 13.6. The first-order valence-corrected chi connectivity index (χ1v) is 10.2. The Morgan fingerprint density at radius 3 is 2.15 bits per heavy atom. The lowest BCUT2D eigenvalue weighted by Gasteiger charge is -2.56. The molecule has 1 aliphatic heterocycles. The summed E-state index contributed by atoms with van der Waals surface area (Å²) >= 11 is 0. The standard InChI is InChI=1S/C20H30N2O5/c1-11(17(24)21-2)27-18(25)16-6-15(23)10-22(16)19(26)20-7-12-3-13(8-20)5-14(4-12)9-20/h11-16,23H,3-10H2,1-2H3,(H,21,24)/t11-,12?,13?,14?,15-,16-,20?/m0/s1. The van der Waals surface area contributed by atoms with E-state index in [4.69, 9.17) is 4.74 Å². The molecule has 0 aromatic heterocycles. The highest BCUT2D eigenvalue weighted by Gasteiger charge is 2.57. The Kier molecular flexibility index (Phi) is 4.69. The summed E-state index contributed by atoms with van der Waals surface area (Å²) in [5, 5.41) is 12.6. The molecule has 4 bridgehead atoms. The van der Waals surface area contributed by atoms with Crippen LogP contribution in [0.15, 0.2) is 0 Å². The van der Waals surface area contributed by atoms with E-state index in [1.54, 1.807) is 4.90 Å². The van der Waals surface area contributed by atoms with Crippen molar-refractivity contribution in [1.29, 1.82) is 0 Å². The summed E-state index contributed by atoms with van der Waals surface area (Å²) < 4.78 is 5.28. The molecule has 7 heteroatoms. The number of amides is 2. The van der Waals surface area contributed by atoms with Crippen molar-refractivity contribution in [1.82, 2.24) is 10.2 Å². The van der Waals surface area contributed by atoms with Crippen LogP contribution in [-0.2, 0) is 19.1 Å². The Bertz CT molecular complexity index is 613. The second-order valence-corrected chi connectivity index (χ2v) is 9.25. The Balaban J connectivity index is 1.50. The third-order valence-corrected chi connectivity index (χ3v) is 7.21. The average Bonchev–Trinajstić information content (AvgIpc) is 3.00. The van der Waals surface area contributed by atoms with Gasteiger partial charge in [-0.25, -0.2) is 4.79 Å². The van der Waals surface area contributed by atoms with Crippen molar-refractivity contribution in [2.45, 2.75) is 70.1 Å². The molecule has 5 fully saturated rings. The highest BCUT2D eigenvalue weighted by Crippen LogP contribution is 2.60. The Morgan fingerprint density at radius 2 is 1.63 bits per heavy atom. The molecule has 2 amide bonds. The zero-order valence-corrected chi connectivity index (χ0v) is 16.1. The van der Waals surface area contributed by atoms with Crippen LogP contribution in [0.3, 0.4) is 0 Å². The predicted molar refractivity (Wildman–Crippen MR) is 96.4 cm³/mol. The van der Waals surface area contributed by atoms with Gasteiger partial charge in [-0.2, -0.15) is 0 Å². The predicted octanol–water partition coefficient (Wildman–Crippen LogP) is 0.842. The molecule has 150 valence electrons. The fourth-order valence-corrected chi connectivity index (χ4v) is 6.45. The van der Waals surface area contributed by atoms with E-state index in [2.05, 4.69) is 5.32 Å². The summed E-state index contributed by atoms with van der Waals surface area (Å²) in [7, 11) is 1.48. The fourth-order valence-electron chi connectivity index (χ4n) is 6.45. The highest BCUT2D eigenvalue weighted by molar-refractivity contribution is 5.90. The summed E-state index contributed by atoms with van der Waals surface area (Å²) in [6.45, 7) is 1.68. The van der Waals surface area contributed by atoms with Gasteiger partial charge >= 0.3 is 5.97 Å². The molecule has 5 rings (SSSR count). The number of carbonyl (C=O) groups is 3. The third kappa shape index (κ3) is 3.24. The van der Waals surface area contributed by atoms with E-state index in [0.717, 1.165) is 19.3 Å². The SMILES string of the molecule is CNC(=O)[C@H](C)OC(=O)[C@@H]1C[C@H](O)CN1C(=O)C12CC3CC(CC(C3)C1)C2. The van der Waals surface area contributed by atoms with Crippen LogP contribution in [0.25, 0.3) is 0 Å². The lowest BCUT2D eigenvalue weighted by atomic mass is 9.49. The molecule has 4 saturated carbocycles. The summed E-state index contributed by atoms with van der Waals surface area (Å²) in [5.74, 6) is 0.929. The molecule has 27 heavy (non-hydrogen) atoms.